The summed E-state index contributed by atoms with van der Waals surface area (Å²) in [6, 6.07) is 6.68. The van der Waals surface area contributed by atoms with Gasteiger partial charge in [0, 0.05) is 18.9 Å². The first-order chi connectivity index (χ1) is 19.1. The van der Waals surface area contributed by atoms with Crippen LogP contribution in [-0.4, -0.2) is 72.8 Å². The molecular formula is C28H35NO10S. The Balaban J connectivity index is 0.00000141. The molecule has 0 bridgehead atoms. The van der Waals surface area contributed by atoms with Crippen molar-refractivity contribution < 1.29 is 43.9 Å². The zero-order valence-corrected chi connectivity index (χ0v) is 23.8. The fourth-order valence-electron chi connectivity index (χ4n) is 4.97. The van der Waals surface area contributed by atoms with Gasteiger partial charge >= 0.3 is 0 Å². The molecule has 0 spiro atoms. The lowest BCUT2D eigenvalue weighted by atomic mass is 9.95. The predicted molar refractivity (Wildman–Crippen MR) is 148 cm³/mol. The first-order valence-corrected chi connectivity index (χ1v) is 13.9. The molecule has 4 N–H and O–H groups in total. The molecule has 1 fully saturated rings. The monoisotopic (exact) mass is 577 g/mol. The van der Waals surface area contributed by atoms with E-state index in [1.165, 1.54) is 32.9 Å². The molecular weight excluding hydrogens is 542 g/mol. The number of carbonyl (C=O) groups is 2. The summed E-state index contributed by atoms with van der Waals surface area (Å²) in [6.45, 7) is 2.92. The van der Waals surface area contributed by atoms with E-state index in [9.17, 15) is 19.8 Å². The molecule has 5 atom stereocenters. The van der Waals surface area contributed by atoms with Crippen LogP contribution in [0.3, 0.4) is 0 Å². The molecule has 2 aromatic carbocycles. The van der Waals surface area contributed by atoms with Gasteiger partial charge in [0.1, 0.15) is 6.10 Å². The Labute approximate surface area is 236 Å². The summed E-state index contributed by atoms with van der Waals surface area (Å²) in [5.74, 6) is 0.834. The van der Waals surface area contributed by atoms with Crippen molar-refractivity contribution in [2.75, 3.05) is 20.5 Å². The maximum absolute atomic E-state index is 12.9. The normalized spacial score (nSPS) is 23.2. The van der Waals surface area contributed by atoms with E-state index in [2.05, 4.69) is 5.32 Å². The van der Waals surface area contributed by atoms with Gasteiger partial charge < -0.3 is 39.6 Å². The second-order valence-electron chi connectivity index (χ2n) is 9.35. The number of amides is 1. The summed E-state index contributed by atoms with van der Waals surface area (Å²) < 4.78 is 23.4. The number of aliphatic hydroxyl groups is 2. The first kappa shape index (κ1) is 31.2. The number of carboxylic acid groups (broad SMARTS) is 1. The minimum Gasteiger partial charge on any atom is -0.492 e. The summed E-state index contributed by atoms with van der Waals surface area (Å²) in [4.78, 5) is 34.0. The number of nitrogens with one attached hydrogen (secondary N) is 1. The lowest BCUT2D eigenvalue weighted by Crippen LogP contribution is -2.48. The molecule has 0 saturated carbocycles. The number of hydrogen-bond acceptors (Lipinski definition) is 10. The van der Waals surface area contributed by atoms with Crippen LogP contribution in [0.2, 0.25) is 0 Å². The molecule has 1 heterocycles. The van der Waals surface area contributed by atoms with Crippen molar-refractivity contribution in [1.29, 1.82) is 0 Å². The molecule has 0 aromatic heterocycles. The summed E-state index contributed by atoms with van der Waals surface area (Å²) >= 11 is 1.36. The maximum atomic E-state index is 12.9. The molecule has 4 rings (SSSR count). The molecule has 1 amide bonds. The van der Waals surface area contributed by atoms with Crippen LogP contribution in [-0.2, 0) is 20.7 Å². The highest BCUT2D eigenvalue weighted by atomic mass is 32.2. The van der Waals surface area contributed by atoms with E-state index >= 15 is 0 Å². The Morgan fingerprint density at radius 1 is 1.15 bits per heavy atom. The van der Waals surface area contributed by atoms with Crippen LogP contribution in [0.25, 0.3) is 11.1 Å². The molecule has 1 aliphatic heterocycles. The SMILES string of the molecule is COc1c(OC2OC(C)C(O)CC2O)cc2c(c1OC)-c1ccc(SC)c(=O)cc1C(NC(C)=O)CC2.O=CO. The van der Waals surface area contributed by atoms with Gasteiger partial charge in [0.15, 0.2) is 16.9 Å². The number of carbonyl (C=O) groups excluding carboxylic acids is 1. The van der Waals surface area contributed by atoms with Crippen LogP contribution in [0.15, 0.2) is 34.0 Å². The number of rotatable bonds is 6. The van der Waals surface area contributed by atoms with Crippen molar-refractivity contribution in [3.63, 3.8) is 0 Å². The van der Waals surface area contributed by atoms with Crippen molar-refractivity contribution in [2.45, 2.75) is 68.6 Å². The van der Waals surface area contributed by atoms with Gasteiger partial charge in [-0.2, -0.15) is 0 Å². The third-order valence-electron chi connectivity index (χ3n) is 6.81. The lowest BCUT2D eigenvalue weighted by molar-refractivity contribution is -0.229. The van der Waals surface area contributed by atoms with Crippen molar-refractivity contribution in [2.24, 2.45) is 0 Å². The zero-order valence-electron chi connectivity index (χ0n) is 23.0. The Morgan fingerprint density at radius 3 is 2.42 bits per heavy atom. The Kier molecular flexibility index (Phi) is 10.8. The zero-order chi connectivity index (χ0) is 29.6. The Morgan fingerprint density at radius 2 is 1.82 bits per heavy atom. The highest BCUT2D eigenvalue weighted by Crippen LogP contribution is 2.50. The molecule has 0 radical (unpaired) electrons. The van der Waals surface area contributed by atoms with Crippen LogP contribution in [0.4, 0.5) is 0 Å². The van der Waals surface area contributed by atoms with Crippen LogP contribution >= 0.6 is 11.8 Å². The number of aliphatic hydroxyl groups excluding tert-OH is 2. The van der Waals surface area contributed by atoms with E-state index in [0.29, 0.717) is 40.5 Å². The molecule has 1 aliphatic carbocycles. The van der Waals surface area contributed by atoms with E-state index in [-0.39, 0.29) is 30.3 Å². The van der Waals surface area contributed by atoms with E-state index < -0.39 is 24.6 Å². The third kappa shape index (κ3) is 6.69. The maximum Gasteiger partial charge on any atom is 0.290 e. The van der Waals surface area contributed by atoms with Crippen LogP contribution in [0.1, 0.15) is 43.9 Å². The van der Waals surface area contributed by atoms with Gasteiger partial charge in [-0.15, -0.1) is 11.8 Å². The largest absolute Gasteiger partial charge is 0.492 e. The second kappa shape index (κ2) is 13.8. The number of fused-ring (bicyclic) bond motifs is 3. The molecule has 5 unspecified atom stereocenters. The molecule has 40 heavy (non-hydrogen) atoms. The standard InChI is InChI=1S/C27H33NO8S.CH2O2/c1-13-19(30)12-21(32)27(35-13)36-22-10-15-6-8-18(28-14(2)29)17-11-20(31)23(37-5)9-7-16(17)24(15)26(34-4)25(22)33-3;2-1-3/h7,9-11,13,18-19,21,27,30,32H,6,8,12H2,1-5H3,(H,28,29);1H,(H,2,3). The van der Waals surface area contributed by atoms with Gasteiger partial charge in [-0.25, -0.2) is 0 Å². The van der Waals surface area contributed by atoms with Crippen molar-refractivity contribution in [3.05, 3.63) is 45.6 Å². The summed E-state index contributed by atoms with van der Waals surface area (Å²) in [5, 5.41) is 30.4. The number of methoxy groups -OCH3 is 2. The van der Waals surface area contributed by atoms with Gasteiger partial charge in [0.2, 0.25) is 17.9 Å². The molecule has 11 nitrogen and oxygen atoms in total. The van der Waals surface area contributed by atoms with E-state index in [4.69, 9.17) is 28.8 Å². The smallest absolute Gasteiger partial charge is 0.290 e. The highest BCUT2D eigenvalue weighted by molar-refractivity contribution is 7.98. The molecule has 218 valence electrons. The third-order valence-corrected chi connectivity index (χ3v) is 7.59. The Bertz CT molecular complexity index is 1290. The minimum absolute atomic E-state index is 0.119. The predicted octanol–water partition coefficient (Wildman–Crippen LogP) is 2.51. The van der Waals surface area contributed by atoms with Gasteiger partial charge in [0.25, 0.3) is 6.47 Å². The van der Waals surface area contributed by atoms with Gasteiger partial charge in [-0.05, 0) is 60.9 Å². The summed E-state index contributed by atoms with van der Waals surface area (Å²) in [5.41, 5.74) is 2.92. The number of aryl methyl sites for hydroxylation is 1. The number of ether oxygens (including phenoxy) is 4. The minimum atomic E-state index is -1.04. The molecule has 2 aliphatic rings. The van der Waals surface area contributed by atoms with Crippen molar-refractivity contribution in [3.8, 4) is 28.4 Å². The quantitative estimate of drug-likeness (QED) is 0.295. The number of hydrogen-bond donors (Lipinski definition) is 4. The topological polar surface area (TPSA) is 161 Å². The van der Waals surface area contributed by atoms with Crippen LogP contribution < -0.4 is 25.0 Å². The van der Waals surface area contributed by atoms with Gasteiger partial charge in [-0.1, -0.05) is 6.07 Å². The Hall–Kier alpha value is -3.32. The summed E-state index contributed by atoms with van der Waals surface area (Å²) in [6.07, 6.45) is -0.308. The number of benzene rings is 1. The highest BCUT2D eigenvalue weighted by Gasteiger charge is 2.37. The fraction of sp³-hybridized carbons (Fsp3) is 0.464. The van der Waals surface area contributed by atoms with Gasteiger partial charge in [-0.3, -0.25) is 14.4 Å². The second-order valence-corrected chi connectivity index (χ2v) is 10.2. The average molecular weight is 578 g/mol. The van der Waals surface area contributed by atoms with E-state index in [1.807, 2.05) is 18.4 Å². The average Bonchev–Trinajstić information content (AvgIpc) is 3.15. The molecule has 2 aromatic rings. The molecule has 1 saturated heterocycles. The van der Waals surface area contributed by atoms with E-state index in [0.717, 1.165) is 16.7 Å². The first-order valence-electron chi connectivity index (χ1n) is 12.6. The van der Waals surface area contributed by atoms with Crippen LogP contribution in [0.5, 0.6) is 17.2 Å². The molecule has 12 heteroatoms. The van der Waals surface area contributed by atoms with Gasteiger partial charge in [0.05, 0.1) is 37.4 Å². The van der Waals surface area contributed by atoms with Crippen molar-refractivity contribution in [1.82, 2.24) is 5.32 Å². The van der Waals surface area contributed by atoms with Crippen molar-refractivity contribution >= 4 is 24.1 Å². The summed E-state index contributed by atoms with van der Waals surface area (Å²) in [7, 11) is 3.02. The fourth-order valence-corrected chi connectivity index (χ4v) is 5.44. The van der Waals surface area contributed by atoms with Crippen LogP contribution in [0, 0.1) is 0 Å². The lowest BCUT2D eigenvalue weighted by Gasteiger charge is -2.35. The van der Waals surface area contributed by atoms with E-state index in [1.54, 1.807) is 19.1 Å². The number of thioether (sulfide) groups is 1.